The molecule has 11 heteroatoms. The van der Waals surface area contributed by atoms with Gasteiger partial charge in [-0.25, -0.2) is 0 Å². The van der Waals surface area contributed by atoms with Gasteiger partial charge in [0.2, 0.25) is 23.6 Å². The molecule has 3 atom stereocenters. The molecule has 4 amide bonds. The van der Waals surface area contributed by atoms with Crippen molar-refractivity contribution in [2.75, 3.05) is 31.1 Å². The Morgan fingerprint density at radius 1 is 0.905 bits per heavy atom. The Morgan fingerprint density at radius 3 is 2.21 bits per heavy atom. The predicted octanol–water partition coefficient (Wildman–Crippen LogP) is 2.97. The summed E-state index contributed by atoms with van der Waals surface area (Å²) in [6.45, 7) is 9.61. The lowest BCUT2D eigenvalue weighted by Crippen LogP contribution is -2.65. The average Bonchev–Trinajstić information content (AvgIpc) is 2.97. The maximum absolute atomic E-state index is 13.8. The zero-order valence-electron chi connectivity index (χ0n) is 25.6. The van der Waals surface area contributed by atoms with Crippen LogP contribution in [0.15, 0.2) is 24.3 Å². The van der Waals surface area contributed by atoms with Crippen LogP contribution in [0.5, 0.6) is 0 Å². The highest BCUT2D eigenvalue weighted by molar-refractivity contribution is 7.98. The van der Waals surface area contributed by atoms with Crippen LogP contribution in [0.1, 0.15) is 70.9 Å². The molecule has 2 aliphatic rings. The van der Waals surface area contributed by atoms with Crippen molar-refractivity contribution in [1.29, 1.82) is 0 Å². The van der Waals surface area contributed by atoms with Crippen LogP contribution in [0, 0.1) is 11.8 Å². The number of rotatable bonds is 4. The Hall–Kier alpha value is -2.24. The smallest absolute Gasteiger partial charge is 0.246 e. The van der Waals surface area contributed by atoms with Crippen LogP contribution in [-0.4, -0.2) is 72.4 Å². The van der Waals surface area contributed by atoms with Crippen molar-refractivity contribution in [1.82, 2.24) is 26.6 Å². The molecule has 0 unspecified atom stereocenters. The van der Waals surface area contributed by atoms with E-state index in [4.69, 9.17) is 0 Å². The molecular weight excluding hydrogens is 571 g/mol. The summed E-state index contributed by atoms with van der Waals surface area (Å²) >= 11 is 3.45. The molecule has 0 aromatic heterocycles. The van der Waals surface area contributed by atoms with Crippen molar-refractivity contribution >= 4 is 47.2 Å². The summed E-state index contributed by atoms with van der Waals surface area (Å²) in [5.74, 6) is 2.00. The van der Waals surface area contributed by atoms with Crippen molar-refractivity contribution < 1.29 is 19.2 Å². The topological polar surface area (TPSA) is 128 Å². The van der Waals surface area contributed by atoms with Gasteiger partial charge >= 0.3 is 0 Å². The fourth-order valence-corrected chi connectivity index (χ4v) is 6.95. The molecule has 0 radical (unpaired) electrons. The largest absolute Gasteiger partial charge is 0.353 e. The molecule has 0 saturated carbocycles. The number of benzene rings is 1. The number of hydrogen-bond donors (Lipinski definition) is 5. The number of hydrogen-bond acceptors (Lipinski definition) is 7. The third-order valence-corrected chi connectivity index (χ3v) is 10.0. The van der Waals surface area contributed by atoms with E-state index in [0.29, 0.717) is 57.5 Å². The second-order valence-electron chi connectivity index (χ2n) is 11.9. The molecule has 1 aromatic rings. The Labute approximate surface area is 259 Å². The van der Waals surface area contributed by atoms with E-state index in [1.54, 1.807) is 23.5 Å². The number of piperidine rings is 1. The lowest BCUT2D eigenvalue weighted by atomic mass is 9.86. The van der Waals surface area contributed by atoms with Gasteiger partial charge in [0.15, 0.2) is 0 Å². The molecule has 1 saturated heterocycles. The van der Waals surface area contributed by atoms with Crippen LogP contribution >= 0.6 is 23.5 Å². The normalized spacial score (nSPS) is 24.4. The SMILES string of the molecule is CC[C@H](C)[C@@H]1NC(=O)[C@H](CC(C)C)NC(=O)C2(CCNCC2)NC(=O)CCSCc2cccc(c2)CSCCNC1=O. The molecule has 42 heavy (non-hydrogen) atoms. The Balaban J connectivity index is 1.84. The first-order valence-electron chi connectivity index (χ1n) is 15.3. The minimum Gasteiger partial charge on any atom is -0.353 e. The molecule has 2 bridgehead atoms. The van der Waals surface area contributed by atoms with Crippen LogP contribution in [0.25, 0.3) is 0 Å². The molecule has 1 fully saturated rings. The van der Waals surface area contributed by atoms with Gasteiger partial charge in [0.25, 0.3) is 0 Å². The van der Waals surface area contributed by atoms with E-state index < -0.39 is 17.6 Å². The standard InChI is InChI=1S/C31H49N5O4S2/c1-5-22(4)27-29(39)33-14-16-42-20-24-8-6-7-23(18-24)19-41-15-9-26(37)36-31(10-12-32-13-11-31)30(40)34-25(17-21(2)3)28(38)35-27/h6-8,18,21-22,25,27,32H,5,9-17,19-20H2,1-4H3,(H,33,39)(H,34,40)(H,35,38)(H,36,37)/t22-,25-,27-/m0/s1. The predicted molar refractivity (Wildman–Crippen MR) is 172 cm³/mol. The van der Waals surface area contributed by atoms with Gasteiger partial charge in [-0.05, 0) is 55.3 Å². The van der Waals surface area contributed by atoms with Crippen molar-refractivity contribution in [2.45, 2.75) is 88.9 Å². The first-order chi connectivity index (χ1) is 20.1. The molecule has 1 spiro atoms. The highest BCUT2D eigenvalue weighted by Gasteiger charge is 2.42. The Morgan fingerprint density at radius 2 is 1.57 bits per heavy atom. The van der Waals surface area contributed by atoms with Gasteiger partial charge in [-0.2, -0.15) is 23.5 Å². The van der Waals surface area contributed by atoms with Crippen LogP contribution in [0.2, 0.25) is 0 Å². The number of amides is 4. The van der Waals surface area contributed by atoms with Crippen LogP contribution in [0.3, 0.4) is 0 Å². The van der Waals surface area contributed by atoms with Gasteiger partial charge in [-0.3, -0.25) is 19.2 Å². The molecule has 3 rings (SSSR count). The van der Waals surface area contributed by atoms with Gasteiger partial charge in [0, 0.05) is 36.0 Å². The summed E-state index contributed by atoms with van der Waals surface area (Å²) < 4.78 is 0. The number of nitrogens with one attached hydrogen (secondary N) is 5. The van der Waals surface area contributed by atoms with E-state index in [9.17, 15) is 19.2 Å². The molecule has 1 aromatic carbocycles. The molecule has 2 aliphatic heterocycles. The van der Waals surface area contributed by atoms with Crippen LogP contribution in [-0.2, 0) is 30.7 Å². The van der Waals surface area contributed by atoms with E-state index in [0.717, 1.165) is 17.3 Å². The molecular formula is C31H49N5O4S2. The summed E-state index contributed by atoms with van der Waals surface area (Å²) in [5.41, 5.74) is 1.36. The van der Waals surface area contributed by atoms with Crippen molar-refractivity contribution in [3.05, 3.63) is 35.4 Å². The van der Waals surface area contributed by atoms with Gasteiger partial charge in [0.1, 0.15) is 17.6 Å². The average molecular weight is 620 g/mol. The Kier molecular flexibility index (Phi) is 14.0. The second-order valence-corrected chi connectivity index (χ2v) is 14.1. The van der Waals surface area contributed by atoms with Crippen molar-refractivity contribution in [3.63, 3.8) is 0 Å². The summed E-state index contributed by atoms with van der Waals surface area (Å²) in [5, 5.41) is 15.3. The van der Waals surface area contributed by atoms with E-state index >= 15 is 0 Å². The lowest BCUT2D eigenvalue weighted by Gasteiger charge is -2.38. The van der Waals surface area contributed by atoms with Crippen molar-refractivity contribution in [2.24, 2.45) is 11.8 Å². The Bertz CT molecular complexity index is 1060. The number of fused-ring (bicyclic) bond motifs is 2. The lowest BCUT2D eigenvalue weighted by molar-refractivity contribution is -0.138. The summed E-state index contributed by atoms with van der Waals surface area (Å²) in [6.07, 6.45) is 2.32. The summed E-state index contributed by atoms with van der Waals surface area (Å²) in [4.78, 5) is 53.8. The highest BCUT2D eigenvalue weighted by atomic mass is 32.2. The van der Waals surface area contributed by atoms with Gasteiger partial charge < -0.3 is 26.6 Å². The zero-order chi connectivity index (χ0) is 30.5. The van der Waals surface area contributed by atoms with E-state index in [-0.39, 0.29) is 35.5 Å². The van der Waals surface area contributed by atoms with Gasteiger partial charge in [-0.15, -0.1) is 0 Å². The maximum atomic E-state index is 13.8. The highest BCUT2D eigenvalue weighted by Crippen LogP contribution is 2.22. The fraction of sp³-hybridized carbons (Fsp3) is 0.677. The minimum atomic E-state index is -1.08. The van der Waals surface area contributed by atoms with Crippen molar-refractivity contribution in [3.8, 4) is 0 Å². The zero-order valence-corrected chi connectivity index (χ0v) is 27.2. The van der Waals surface area contributed by atoms with Gasteiger partial charge in [-0.1, -0.05) is 58.4 Å². The minimum absolute atomic E-state index is 0.0850. The summed E-state index contributed by atoms with van der Waals surface area (Å²) in [7, 11) is 0. The third-order valence-electron chi connectivity index (χ3n) is 7.94. The monoisotopic (exact) mass is 619 g/mol. The second kappa shape index (κ2) is 17.2. The first-order valence-corrected chi connectivity index (χ1v) is 17.6. The molecule has 2 heterocycles. The number of carbonyl (C=O) groups is 4. The van der Waals surface area contributed by atoms with Crippen LogP contribution < -0.4 is 26.6 Å². The molecule has 234 valence electrons. The molecule has 9 nitrogen and oxygen atoms in total. The fourth-order valence-electron chi connectivity index (χ4n) is 5.26. The molecule has 0 aliphatic carbocycles. The number of carbonyl (C=O) groups excluding carboxylic acids is 4. The third kappa shape index (κ3) is 10.5. The van der Waals surface area contributed by atoms with E-state index in [2.05, 4.69) is 50.8 Å². The summed E-state index contributed by atoms with van der Waals surface area (Å²) in [6, 6.07) is 6.94. The molecule has 5 N–H and O–H groups in total. The number of thioether (sulfide) groups is 2. The first kappa shape index (κ1) is 34.3. The van der Waals surface area contributed by atoms with E-state index in [1.807, 2.05) is 27.7 Å². The quantitative estimate of drug-likeness (QED) is 0.351. The van der Waals surface area contributed by atoms with Crippen LogP contribution in [0.4, 0.5) is 0 Å². The van der Waals surface area contributed by atoms with E-state index in [1.165, 1.54) is 11.1 Å². The van der Waals surface area contributed by atoms with Gasteiger partial charge in [0.05, 0.1) is 0 Å². The maximum Gasteiger partial charge on any atom is 0.246 e.